The first kappa shape index (κ1) is 9.60. The zero-order valence-corrected chi connectivity index (χ0v) is 7.99. The van der Waals surface area contributed by atoms with Crippen LogP contribution in [0.5, 0.6) is 0 Å². The lowest BCUT2D eigenvalue weighted by Gasteiger charge is -2.13. The predicted octanol–water partition coefficient (Wildman–Crippen LogP) is 0.254. The molecule has 1 aromatic carbocycles. The third-order valence-electron chi connectivity index (χ3n) is 2.08. The molecule has 1 aliphatic rings. The first-order chi connectivity index (χ1) is 7.22. The summed E-state index contributed by atoms with van der Waals surface area (Å²) in [5, 5.41) is 5.45. The second-order valence-electron chi connectivity index (χ2n) is 3.07. The van der Waals surface area contributed by atoms with Gasteiger partial charge in [-0.3, -0.25) is 9.80 Å². The molecule has 0 aliphatic carbocycles. The maximum atomic E-state index is 13.0. The Morgan fingerprint density at radius 1 is 1.53 bits per heavy atom. The Hall–Kier alpha value is -1.95. The Balaban J connectivity index is 2.50. The molecular weight excluding hydrogens is 199 g/mol. The highest BCUT2D eigenvalue weighted by Crippen LogP contribution is 2.12. The van der Waals surface area contributed by atoms with Crippen molar-refractivity contribution >= 4 is 12.1 Å². The second-order valence-corrected chi connectivity index (χ2v) is 3.07. The van der Waals surface area contributed by atoms with Gasteiger partial charge in [0.25, 0.3) is 0 Å². The fourth-order valence-corrected chi connectivity index (χ4v) is 1.35. The highest BCUT2D eigenvalue weighted by Gasteiger charge is 2.18. The molecule has 2 rings (SSSR count). The van der Waals surface area contributed by atoms with Gasteiger partial charge in [-0.25, -0.2) is 9.93 Å². The molecule has 1 aliphatic heterocycles. The van der Waals surface area contributed by atoms with Crippen LogP contribution in [0, 0.1) is 5.82 Å². The van der Waals surface area contributed by atoms with E-state index in [1.807, 2.05) is 0 Å². The average molecular weight is 208 g/mol. The van der Waals surface area contributed by atoms with E-state index in [1.165, 1.54) is 18.2 Å². The highest BCUT2D eigenvalue weighted by molar-refractivity contribution is 6.04. The van der Waals surface area contributed by atoms with E-state index in [0.717, 1.165) is 0 Å². The Morgan fingerprint density at radius 2 is 2.33 bits per heavy atom. The summed E-state index contributed by atoms with van der Waals surface area (Å²) in [4.78, 5) is 10.8. The minimum atomic E-state index is -0.404. The van der Waals surface area contributed by atoms with Crippen LogP contribution in [-0.2, 0) is 0 Å². The van der Waals surface area contributed by atoms with E-state index in [1.54, 1.807) is 12.1 Å². The Morgan fingerprint density at radius 3 is 2.93 bits per heavy atom. The molecule has 15 heavy (non-hydrogen) atoms. The second kappa shape index (κ2) is 3.66. The lowest BCUT2D eigenvalue weighted by atomic mass is 10.1. The maximum Gasteiger partial charge on any atom is 0.173 e. The molecule has 0 fully saturated rings. The number of halogens is 1. The largest absolute Gasteiger partial charge is 0.298 e. The summed E-state index contributed by atoms with van der Waals surface area (Å²) in [5.41, 5.74) is 6.04. The smallest absolute Gasteiger partial charge is 0.173 e. The Bertz CT molecular complexity index is 432. The number of hydrazone groups is 1. The van der Waals surface area contributed by atoms with Crippen LogP contribution in [0.15, 0.2) is 23.3 Å². The minimum Gasteiger partial charge on any atom is -0.298 e. The van der Waals surface area contributed by atoms with Crippen LogP contribution in [0.25, 0.3) is 0 Å². The molecule has 6 heteroatoms. The third kappa shape index (κ3) is 1.66. The molecule has 0 spiro atoms. The molecule has 2 N–H and O–H groups in total. The molecule has 5 nitrogen and oxygen atoms in total. The van der Waals surface area contributed by atoms with Gasteiger partial charge in [-0.15, -0.1) is 10.6 Å². The summed E-state index contributed by atoms with van der Waals surface area (Å²) in [6.45, 7) is 0. The first-order valence-corrected chi connectivity index (χ1v) is 4.29. The van der Waals surface area contributed by atoms with Gasteiger partial charge in [0, 0.05) is 18.2 Å². The van der Waals surface area contributed by atoms with Gasteiger partial charge < -0.3 is 0 Å². The van der Waals surface area contributed by atoms with Gasteiger partial charge in [0.15, 0.2) is 12.1 Å². The molecular formula is C9H9FN4O. The van der Waals surface area contributed by atoms with Crippen molar-refractivity contribution < 1.29 is 9.18 Å². The number of hydrogen-bond acceptors (Lipinski definition) is 5. The molecule has 0 aromatic heterocycles. The first-order valence-electron chi connectivity index (χ1n) is 4.29. The van der Waals surface area contributed by atoms with Gasteiger partial charge in [0.05, 0.1) is 0 Å². The van der Waals surface area contributed by atoms with E-state index in [-0.39, 0.29) is 0 Å². The molecule has 0 atom stereocenters. The van der Waals surface area contributed by atoms with Gasteiger partial charge in [-0.2, -0.15) is 0 Å². The molecule has 1 aromatic rings. The van der Waals surface area contributed by atoms with E-state index >= 15 is 0 Å². The van der Waals surface area contributed by atoms with E-state index in [9.17, 15) is 9.18 Å². The summed E-state index contributed by atoms with van der Waals surface area (Å²) in [6, 6.07) is 3.93. The van der Waals surface area contributed by atoms with Gasteiger partial charge >= 0.3 is 0 Å². The summed E-state index contributed by atoms with van der Waals surface area (Å²) in [7, 11) is 1.71. The SMILES string of the molecule is CN1NNN=C1c1cc(F)ccc1C=O. The standard InChI is InChI=1S/C9H9FN4O/c1-14-9(11-12-13-14)8-4-7(10)3-2-6(8)5-15/h2-5,12-13H,1H3. The van der Waals surface area contributed by atoms with Gasteiger partial charge in [-0.05, 0) is 18.2 Å². The molecule has 0 unspecified atom stereocenters. The van der Waals surface area contributed by atoms with E-state index in [0.29, 0.717) is 23.2 Å². The molecule has 1 heterocycles. The molecule has 0 amide bonds. The monoisotopic (exact) mass is 208 g/mol. The Kier molecular flexibility index (Phi) is 2.34. The van der Waals surface area contributed by atoms with Crippen molar-refractivity contribution in [2.75, 3.05) is 7.05 Å². The quantitative estimate of drug-likeness (QED) is 0.684. The fraction of sp³-hybridized carbons (Fsp3) is 0.111. The van der Waals surface area contributed by atoms with Gasteiger partial charge in [0.1, 0.15) is 5.82 Å². The van der Waals surface area contributed by atoms with Crippen LogP contribution < -0.4 is 11.1 Å². The van der Waals surface area contributed by atoms with Crippen LogP contribution in [-0.4, -0.2) is 24.2 Å². The van der Waals surface area contributed by atoms with Gasteiger partial charge in [0.2, 0.25) is 0 Å². The topological polar surface area (TPSA) is 56.7 Å². The van der Waals surface area contributed by atoms with Crippen molar-refractivity contribution in [3.05, 3.63) is 35.1 Å². The van der Waals surface area contributed by atoms with Crippen molar-refractivity contribution in [2.45, 2.75) is 0 Å². The van der Waals surface area contributed by atoms with Crippen molar-refractivity contribution in [2.24, 2.45) is 5.10 Å². The molecule has 78 valence electrons. The Labute approximate surface area is 85.5 Å². The van der Waals surface area contributed by atoms with E-state index in [4.69, 9.17) is 0 Å². The number of amidine groups is 1. The maximum absolute atomic E-state index is 13.0. The van der Waals surface area contributed by atoms with Gasteiger partial charge in [-0.1, -0.05) is 0 Å². The predicted molar refractivity (Wildman–Crippen MR) is 52.4 cm³/mol. The fourth-order valence-electron chi connectivity index (χ4n) is 1.35. The molecule has 0 saturated heterocycles. The zero-order valence-electron chi connectivity index (χ0n) is 7.99. The minimum absolute atomic E-state index is 0.396. The average Bonchev–Trinajstić information content (AvgIpc) is 2.64. The van der Waals surface area contributed by atoms with Crippen molar-refractivity contribution in [3.8, 4) is 0 Å². The van der Waals surface area contributed by atoms with Crippen LogP contribution in [0.2, 0.25) is 0 Å². The normalized spacial score (nSPS) is 14.8. The number of carbonyl (C=O) groups is 1. The number of aldehydes is 1. The van der Waals surface area contributed by atoms with Crippen LogP contribution in [0.1, 0.15) is 15.9 Å². The lowest BCUT2D eigenvalue weighted by molar-refractivity contribution is 0.112. The van der Waals surface area contributed by atoms with E-state index in [2.05, 4.69) is 16.2 Å². The summed E-state index contributed by atoms with van der Waals surface area (Å²) in [5.74, 6) is 0.0650. The summed E-state index contributed by atoms with van der Waals surface area (Å²) in [6.07, 6.45) is 0.670. The van der Waals surface area contributed by atoms with Crippen molar-refractivity contribution in [3.63, 3.8) is 0 Å². The zero-order chi connectivity index (χ0) is 10.8. The number of benzene rings is 1. The van der Waals surface area contributed by atoms with E-state index < -0.39 is 5.82 Å². The number of nitrogens with zero attached hydrogens (tertiary/aromatic N) is 2. The molecule has 0 radical (unpaired) electrons. The lowest BCUT2D eigenvalue weighted by Crippen LogP contribution is -2.37. The number of nitrogens with one attached hydrogen (secondary N) is 2. The summed E-state index contributed by atoms with van der Waals surface area (Å²) >= 11 is 0. The number of carbonyl (C=O) groups excluding carboxylic acids is 1. The van der Waals surface area contributed by atoms with Crippen LogP contribution in [0.4, 0.5) is 4.39 Å². The number of hydrazine groups is 2. The van der Waals surface area contributed by atoms with Crippen LogP contribution in [0.3, 0.4) is 0 Å². The molecule has 0 saturated carbocycles. The summed E-state index contributed by atoms with van der Waals surface area (Å²) < 4.78 is 13.0. The van der Waals surface area contributed by atoms with Crippen molar-refractivity contribution in [1.82, 2.24) is 16.1 Å². The van der Waals surface area contributed by atoms with Crippen molar-refractivity contribution in [1.29, 1.82) is 0 Å². The third-order valence-corrected chi connectivity index (χ3v) is 2.08. The number of rotatable bonds is 2. The number of hydrogen-bond donors (Lipinski definition) is 2. The highest BCUT2D eigenvalue weighted by atomic mass is 19.1. The molecule has 0 bridgehead atoms. The van der Waals surface area contributed by atoms with Crippen LogP contribution >= 0.6 is 0 Å².